The maximum absolute atomic E-state index is 12.5. The number of hydrogen-bond acceptors (Lipinski definition) is 5. The van der Waals surface area contributed by atoms with Crippen LogP contribution in [0.15, 0.2) is 30.6 Å². The Morgan fingerprint density at radius 1 is 1.30 bits per heavy atom. The zero-order valence-electron chi connectivity index (χ0n) is 16.7. The number of aryl methyl sites for hydroxylation is 2. The van der Waals surface area contributed by atoms with Gasteiger partial charge < -0.3 is 15.1 Å². The molecule has 1 amide bonds. The van der Waals surface area contributed by atoms with Gasteiger partial charge in [0.05, 0.1) is 6.54 Å². The largest absolute Gasteiger partial charge is 0.356 e. The number of para-hydroxylation sites is 1. The van der Waals surface area contributed by atoms with Crippen LogP contribution < -0.4 is 15.1 Å². The normalized spacial score (nSPS) is 16.9. The van der Waals surface area contributed by atoms with Gasteiger partial charge in [-0.3, -0.25) is 4.79 Å². The second kappa shape index (κ2) is 8.37. The van der Waals surface area contributed by atoms with Crippen LogP contribution in [0.25, 0.3) is 0 Å². The zero-order chi connectivity index (χ0) is 19.4. The topological polar surface area (TPSA) is 61.4 Å². The molecule has 0 radical (unpaired) electrons. The highest BCUT2D eigenvalue weighted by atomic mass is 16.2. The lowest BCUT2D eigenvalue weighted by atomic mass is 10.0. The summed E-state index contributed by atoms with van der Waals surface area (Å²) in [7, 11) is 1.88. The second-order valence-electron chi connectivity index (χ2n) is 7.60. The summed E-state index contributed by atoms with van der Waals surface area (Å²) in [5.74, 6) is 2.32. The fourth-order valence-electron chi connectivity index (χ4n) is 3.60. The van der Waals surface area contributed by atoms with E-state index < -0.39 is 0 Å². The molecule has 0 aliphatic carbocycles. The summed E-state index contributed by atoms with van der Waals surface area (Å²) in [5.41, 5.74) is 3.02. The molecule has 6 nitrogen and oxygen atoms in total. The molecule has 27 heavy (non-hydrogen) atoms. The molecule has 0 spiro atoms. The maximum atomic E-state index is 12.5. The van der Waals surface area contributed by atoms with Crippen LogP contribution in [0.4, 0.5) is 17.3 Å². The van der Waals surface area contributed by atoms with Gasteiger partial charge in [0.2, 0.25) is 5.91 Å². The van der Waals surface area contributed by atoms with Crippen molar-refractivity contribution in [2.75, 3.05) is 41.8 Å². The van der Waals surface area contributed by atoms with E-state index in [1.807, 2.05) is 50.1 Å². The van der Waals surface area contributed by atoms with E-state index >= 15 is 0 Å². The molecule has 1 N–H and O–H groups in total. The first-order valence-electron chi connectivity index (χ1n) is 9.58. The fourth-order valence-corrected chi connectivity index (χ4v) is 3.60. The van der Waals surface area contributed by atoms with E-state index in [2.05, 4.69) is 27.1 Å². The van der Waals surface area contributed by atoms with E-state index in [-0.39, 0.29) is 12.5 Å². The van der Waals surface area contributed by atoms with E-state index in [0.717, 1.165) is 41.5 Å². The van der Waals surface area contributed by atoms with Crippen molar-refractivity contribution in [1.82, 2.24) is 9.97 Å². The molecule has 3 rings (SSSR count). The number of rotatable bonds is 5. The van der Waals surface area contributed by atoms with Gasteiger partial charge in [0.15, 0.2) is 0 Å². The highest BCUT2D eigenvalue weighted by Gasteiger charge is 2.19. The number of anilines is 3. The number of nitrogens with zero attached hydrogens (tertiary/aromatic N) is 4. The van der Waals surface area contributed by atoms with E-state index in [1.165, 1.54) is 12.8 Å². The average Bonchev–Trinajstić information content (AvgIpc) is 2.65. The number of aromatic nitrogens is 2. The van der Waals surface area contributed by atoms with Gasteiger partial charge in [-0.2, -0.15) is 0 Å². The summed E-state index contributed by atoms with van der Waals surface area (Å²) in [4.78, 5) is 25.5. The second-order valence-corrected chi connectivity index (χ2v) is 7.60. The number of nitrogens with one attached hydrogen (secondary N) is 1. The molecule has 1 atom stereocenters. The van der Waals surface area contributed by atoms with Crippen molar-refractivity contribution in [3.05, 3.63) is 41.7 Å². The lowest BCUT2D eigenvalue weighted by Gasteiger charge is -2.32. The molecule has 0 bridgehead atoms. The monoisotopic (exact) mass is 367 g/mol. The molecule has 2 aromatic rings. The number of hydrogen-bond donors (Lipinski definition) is 1. The van der Waals surface area contributed by atoms with Crippen LogP contribution in [0.5, 0.6) is 0 Å². The summed E-state index contributed by atoms with van der Waals surface area (Å²) in [6.45, 7) is 8.56. The van der Waals surface area contributed by atoms with Crippen LogP contribution in [0, 0.1) is 19.8 Å². The van der Waals surface area contributed by atoms with Gasteiger partial charge in [0.1, 0.15) is 18.0 Å². The van der Waals surface area contributed by atoms with Crippen LogP contribution in [0.1, 0.15) is 30.9 Å². The first kappa shape index (κ1) is 19.1. The highest BCUT2D eigenvalue weighted by molar-refractivity contribution is 5.95. The third-order valence-electron chi connectivity index (χ3n) is 5.14. The molecule has 1 aromatic heterocycles. The molecule has 0 saturated carbocycles. The number of carbonyl (C=O) groups excluding carboxylic acids is 1. The molecule has 1 aromatic carbocycles. The van der Waals surface area contributed by atoms with Crippen LogP contribution in [0.3, 0.4) is 0 Å². The van der Waals surface area contributed by atoms with Gasteiger partial charge in [-0.15, -0.1) is 0 Å². The summed E-state index contributed by atoms with van der Waals surface area (Å²) in [6.07, 6.45) is 4.05. The van der Waals surface area contributed by atoms with Gasteiger partial charge in [-0.25, -0.2) is 9.97 Å². The van der Waals surface area contributed by atoms with Crippen molar-refractivity contribution >= 4 is 23.2 Å². The third kappa shape index (κ3) is 4.76. The van der Waals surface area contributed by atoms with Crippen molar-refractivity contribution in [3.63, 3.8) is 0 Å². The van der Waals surface area contributed by atoms with Gasteiger partial charge in [-0.05, 0) is 43.7 Å². The van der Waals surface area contributed by atoms with Crippen LogP contribution in [-0.4, -0.2) is 42.6 Å². The quantitative estimate of drug-likeness (QED) is 0.877. The van der Waals surface area contributed by atoms with E-state index in [4.69, 9.17) is 0 Å². The fraction of sp³-hybridized carbons (Fsp3) is 0.476. The smallest absolute Gasteiger partial charge is 0.243 e. The van der Waals surface area contributed by atoms with E-state index in [1.54, 1.807) is 6.33 Å². The molecule has 144 valence electrons. The van der Waals surface area contributed by atoms with Crippen LogP contribution in [-0.2, 0) is 4.79 Å². The lowest BCUT2D eigenvalue weighted by molar-refractivity contribution is -0.114. The van der Waals surface area contributed by atoms with Crippen LogP contribution in [0.2, 0.25) is 0 Å². The minimum Gasteiger partial charge on any atom is -0.356 e. The standard InChI is InChI=1S/C21H29N5O/c1-15-7-6-10-26(12-15)19-11-18(22-14-23-19)25(4)13-20(27)24-21-16(2)8-5-9-17(21)3/h5,8-9,11,14-15H,6-7,10,12-13H2,1-4H3,(H,24,27). The third-order valence-corrected chi connectivity index (χ3v) is 5.14. The Balaban J connectivity index is 1.66. The molecule has 1 fully saturated rings. The SMILES string of the molecule is Cc1cccc(C)c1NC(=O)CN(C)c1cc(N2CCCC(C)C2)ncn1. The Bertz CT molecular complexity index is 787. The molecule has 1 saturated heterocycles. The van der Waals surface area contributed by atoms with Crippen molar-refractivity contribution in [2.45, 2.75) is 33.6 Å². The first-order chi connectivity index (χ1) is 12.9. The van der Waals surface area contributed by atoms with Crippen molar-refractivity contribution < 1.29 is 4.79 Å². The van der Waals surface area contributed by atoms with E-state index in [0.29, 0.717) is 5.92 Å². The van der Waals surface area contributed by atoms with Gasteiger partial charge in [-0.1, -0.05) is 25.1 Å². The number of amides is 1. The predicted octanol–water partition coefficient (Wildman–Crippen LogP) is 3.40. The zero-order valence-corrected chi connectivity index (χ0v) is 16.7. The van der Waals surface area contributed by atoms with Crippen molar-refractivity contribution in [3.8, 4) is 0 Å². The molecule has 1 unspecified atom stereocenters. The van der Waals surface area contributed by atoms with Gasteiger partial charge >= 0.3 is 0 Å². The van der Waals surface area contributed by atoms with Crippen molar-refractivity contribution in [1.29, 1.82) is 0 Å². The Kier molecular flexibility index (Phi) is 5.94. The summed E-state index contributed by atoms with van der Waals surface area (Å²) in [6, 6.07) is 7.98. The Hall–Kier alpha value is -2.63. The summed E-state index contributed by atoms with van der Waals surface area (Å²) in [5, 5.41) is 3.03. The van der Waals surface area contributed by atoms with Gasteiger partial charge in [0, 0.05) is 31.9 Å². The maximum Gasteiger partial charge on any atom is 0.243 e. The highest BCUT2D eigenvalue weighted by Crippen LogP contribution is 2.23. The Morgan fingerprint density at radius 2 is 2.04 bits per heavy atom. The van der Waals surface area contributed by atoms with Gasteiger partial charge in [0.25, 0.3) is 0 Å². The lowest BCUT2D eigenvalue weighted by Crippen LogP contribution is -2.35. The van der Waals surface area contributed by atoms with E-state index in [9.17, 15) is 4.79 Å². The van der Waals surface area contributed by atoms with Crippen molar-refractivity contribution in [2.24, 2.45) is 5.92 Å². The summed E-state index contributed by atoms with van der Waals surface area (Å²) >= 11 is 0. The van der Waals surface area contributed by atoms with Crippen LogP contribution >= 0.6 is 0 Å². The minimum absolute atomic E-state index is 0.0540. The summed E-state index contributed by atoms with van der Waals surface area (Å²) < 4.78 is 0. The first-order valence-corrected chi connectivity index (χ1v) is 9.58. The number of piperidine rings is 1. The Morgan fingerprint density at radius 3 is 2.74 bits per heavy atom. The number of benzene rings is 1. The average molecular weight is 367 g/mol. The molecule has 1 aliphatic rings. The number of likely N-dealkylation sites (N-methyl/N-ethyl adjacent to an activating group) is 1. The Labute approximate surface area is 161 Å². The minimum atomic E-state index is -0.0540. The predicted molar refractivity (Wildman–Crippen MR) is 110 cm³/mol. The molecular formula is C21H29N5O. The molecule has 6 heteroatoms. The number of carbonyl (C=O) groups is 1. The molecule has 2 heterocycles. The molecular weight excluding hydrogens is 338 g/mol. The molecule has 1 aliphatic heterocycles.